The molecule has 8 heteroatoms. The van der Waals surface area contributed by atoms with Crippen molar-refractivity contribution in [2.45, 2.75) is 17.3 Å². The van der Waals surface area contributed by atoms with E-state index in [1.807, 2.05) is 13.0 Å². The lowest BCUT2D eigenvalue weighted by atomic mass is 10.1. The van der Waals surface area contributed by atoms with E-state index in [1.54, 1.807) is 17.6 Å². The van der Waals surface area contributed by atoms with Crippen LogP contribution in [0.2, 0.25) is 10.0 Å². The van der Waals surface area contributed by atoms with Crippen LogP contribution in [0.25, 0.3) is 0 Å². The fourth-order valence-corrected chi connectivity index (χ4v) is 3.11. The van der Waals surface area contributed by atoms with Gasteiger partial charge in [0.2, 0.25) is 5.91 Å². The Labute approximate surface area is 134 Å². The van der Waals surface area contributed by atoms with E-state index in [1.165, 1.54) is 23.1 Å². The third-order valence-corrected chi connectivity index (χ3v) is 5.09. The Kier molecular flexibility index (Phi) is 5.65. The summed E-state index contributed by atoms with van der Waals surface area (Å²) in [5.41, 5.74) is 2.55. The fraction of sp³-hybridized carbons (Fsp3) is 0.250. The number of amides is 1. The first-order valence-corrected chi connectivity index (χ1v) is 8.31. The summed E-state index contributed by atoms with van der Waals surface area (Å²) >= 11 is 14.6. The van der Waals surface area contributed by atoms with E-state index in [-0.39, 0.29) is 11.9 Å². The molecule has 106 valence electrons. The number of hydrogen-bond acceptors (Lipinski definition) is 5. The molecule has 0 aliphatic rings. The Morgan fingerprint density at radius 1 is 1.45 bits per heavy atom. The summed E-state index contributed by atoms with van der Waals surface area (Å²) in [5, 5.41) is 11.5. The predicted octanol–water partition coefficient (Wildman–Crippen LogP) is 3.81. The quantitative estimate of drug-likeness (QED) is 0.835. The van der Waals surface area contributed by atoms with Crippen LogP contribution in [-0.4, -0.2) is 21.9 Å². The van der Waals surface area contributed by atoms with Gasteiger partial charge in [0.1, 0.15) is 5.51 Å². The van der Waals surface area contributed by atoms with Crippen molar-refractivity contribution in [3.05, 3.63) is 39.3 Å². The zero-order valence-corrected chi connectivity index (χ0v) is 13.6. The summed E-state index contributed by atoms with van der Waals surface area (Å²) < 4.78 is 0.780. The van der Waals surface area contributed by atoms with E-state index in [2.05, 4.69) is 15.5 Å². The van der Waals surface area contributed by atoms with Gasteiger partial charge in [0.15, 0.2) is 4.34 Å². The van der Waals surface area contributed by atoms with Crippen molar-refractivity contribution in [2.24, 2.45) is 0 Å². The largest absolute Gasteiger partial charge is 0.349 e. The van der Waals surface area contributed by atoms with E-state index in [0.29, 0.717) is 15.8 Å². The summed E-state index contributed by atoms with van der Waals surface area (Å²) in [6.07, 6.45) is 0. The molecule has 4 nitrogen and oxygen atoms in total. The summed E-state index contributed by atoms with van der Waals surface area (Å²) in [7, 11) is 0. The first kappa shape index (κ1) is 15.6. The molecule has 1 amide bonds. The Balaban J connectivity index is 1.88. The number of carbonyl (C=O) groups excluding carboxylic acids is 1. The van der Waals surface area contributed by atoms with Gasteiger partial charge >= 0.3 is 0 Å². The summed E-state index contributed by atoms with van der Waals surface area (Å²) in [5.74, 6) is 0.240. The minimum Gasteiger partial charge on any atom is -0.349 e. The van der Waals surface area contributed by atoms with Gasteiger partial charge in [0.05, 0.1) is 21.8 Å². The van der Waals surface area contributed by atoms with Gasteiger partial charge in [0, 0.05) is 0 Å². The van der Waals surface area contributed by atoms with Crippen molar-refractivity contribution in [3.63, 3.8) is 0 Å². The number of hydrogen-bond donors (Lipinski definition) is 1. The number of halogens is 2. The molecule has 1 heterocycles. The van der Waals surface area contributed by atoms with Crippen LogP contribution in [0.15, 0.2) is 28.0 Å². The number of carbonyl (C=O) groups is 1. The number of nitrogens with zero attached hydrogens (tertiary/aromatic N) is 2. The van der Waals surface area contributed by atoms with E-state index in [0.717, 1.165) is 9.90 Å². The number of nitrogens with one attached hydrogen (secondary N) is 1. The SMILES string of the molecule is CC(NC(=O)CSc1nncs1)c1ccc(Cl)c(Cl)c1. The standard InChI is InChI=1S/C12H11Cl2N3OS2/c1-7(8-2-3-9(13)10(14)4-8)16-11(18)5-19-12-17-15-6-20-12/h2-4,6-7H,5H2,1H3,(H,16,18). The van der Waals surface area contributed by atoms with Gasteiger partial charge in [-0.2, -0.15) is 0 Å². The second-order valence-electron chi connectivity index (χ2n) is 3.96. The van der Waals surface area contributed by atoms with Crippen molar-refractivity contribution in [1.82, 2.24) is 15.5 Å². The molecule has 0 radical (unpaired) electrons. The van der Waals surface area contributed by atoms with Gasteiger partial charge in [-0.1, -0.05) is 52.4 Å². The van der Waals surface area contributed by atoms with Crippen LogP contribution in [0.1, 0.15) is 18.5 Å². The third kappa shape index (κ3) is 4.34. The molecule has 1 aromatic heterocycles. The number of rotatable bonds is 5. The molecule has 0 bridgehead atoms. The minimum atomic E-state index is -0.132. The molecule has 0 fully saturated rings. The average molecular weight is 348 g/mol. The molecule has 0 spiro atoms. The van der Waals surface area contributed by atoms with E-state index in [9.17, 15) is 4.79 Å². The molecule has 2 aromatic rings. The van der Waals surface area contributed by atoms with Crippen LogP contribution in [0.4, 0.5) is 0 Å². The maximum Gasteiger partial charge on any atom is 0.230 e. The number of thioether (sulfide) groups is 1. The van der Waals surface area contributed by atoms with Crippen LogP contribution in [0.5, 0.6) is 0 Å². The van der Waals surface area contributed by atoms with Gasteiger partial charge < -0.3 is 5.32 Å². The molecular formula is C12H11Cl2N3OS2. The minimum absolute atomic E-state index is 0.0660. The Morgan fingerprint density at radius 2 is 2.25 bits per heavy atom. The van der Waals surface area contributed by atoms with Gasteiger partial charge in [-0.15, -0.1) is 10.2 Å². The number of aromatic nitrogens is 2. The zero-order chi connectivity index (χ0) is 14.5. The van der Waals surface area contributed by atoms with E-state index < -0.39 is 0 Å². The van der Waals surface area contributed by atoms with E-state index >= 15 is 0 Å². The van der Waals surface area contributed by atoms with Gasteiger partial charge in [-0.05, 0) is 24.6 Å². The second-order valence-corrected chi connectivity index (χ2v) is 6.83. The van der Waals surface area contributed by atoms with Crippen molar-refractivity contribution in [2.75, 3.05) is 5.75 Å². The van der Waals surface area contributed by atoms with Gasteiger partial charge in [0.25, 0.3) is 0 Å². The molecule has 2 rings (SSSR count). The average Bonchev–Trinajstić information content (AvgIpc) is 2.92. The lowest BCUT2D eigenvalue weighted by Crippen LogP contribution is -2.28. The highest BCUT2D eigenvalue weighted by atomic mass is 35.5. The van der Waals surface area contributed by atoms with Crippen molar-refractivity contribution >= 4 is 52.2 Å². The smallest absolute Gasteiger partial charge is 0.230 e. The molecule has 20 heavy (non-hydrogen) atoms. The number of benzene rings is 1. The normalized spacial score (nSPS) is 12.2. The van der Waals surface area contributed by atoms with Crippen LogP contribution in [0.3, 0.4) is 0 Å². The zero-order valence-electron chi connectivity index (χ0n) is 10.5. The highest BCUT2D eigenvalue weighted by Crippen LogP contribution is 2.25. The van der Waals surface area contributed by atoms with Crippen molar-refractivity contribution < 1.29 is 4.79 Å². The van der Waals surface area contributed by atoms with Gasteiger partial charge in [-0.3, -0.25) is 4.79 Å². The summed E-state index contributed by atoms with van der Waals surface area (Å²) in [4.78, 5) is 11.8. The Morgan fingerprint density at radius 3 is 2.90 bits per heavy atom. The fourth-order valence-electron chi connectivity index (χ4n) is 1.50. The Hall–Kier alpha value is -0.820. The van der Waals surface area contributed by atoms with Crippen LogP contribution >= 0.6 is 46.3 Å². The highest BCUT2D eigenvalue weighted by molar-refractivity contribution is 8.01. The second kappa shape index (κ2) is 7.26. The maximum atomic E-state index is 11.8. The predicted molar refractivity (Wildman–Crippen MR) is 83.7 cm³/mol. The Bertz CT molecular complexity index is 592. The highest BCUT2D eigenvalue weighted by Gasteiger charge is 2.12. The first-order valence-electron chi connectivity index (χ1n) is 5.69. The van der Waals surface area contributed by atoms with E-state index in [4.69, 9.17) is 23.2 Å². The van der Waals surface area contributed by atoms with Crippen LogP contribution in [-0.2, 0) is 4.79 Å². The first-order chi connectivity index (χ1) is 9.56. The van der Waals surface area contributed by atoms with Crippen molar-refractivity contribution in [1.29, 1.82) is 0 Å². The molecule has 1 unspecified atom stereocenters. The molecule has 0 aliphatic heterocycles. The molecule has 1 N–H and O–H groups in total. The molecule has 0 saturated carbocycles. The van der Waals surface area contributed by atoms with Crippen LogP contribution < -0.4 is 5.32 Å². The van der Waals surface area contributed by atoms with Crippen molar-refractivity contribution in [3.8, 4) is 0 Å². The van der Waals surface area contributed by atoms with Gasteiger partial charge in [-0.25, -0.2) is 0 Å². The van der Waals surface area contributed by atoms with Crippen LogP contribution in [0, 0.1) is 0 Å². The molecule has 0 saturated heterocycles. The lowest BCUT2D eigenvalue weighted by molar-refractivity contribution is -0.119. The maximum absolute atomic E-state index is 11.8. The molecule has 1 aromatic carbocycles. The third-order valence-electron chi connectivity index (χ3n) is 2.49. The molecular weight excluding hydrogens is 337 g/mol. The molecule has 0 aliphatic carbocycles. The summed E-state index contributed by atoms with van der Waals surface area (Å²) in [6.45, 7) is 1.90. The molecule has 1 atom stereocenters. The summed E-state index contributed by atoms with van der Waals surface area (Å²) in [6, 6.07) is 5.19. The topological polar surface area (TPSA) is 54.9 Å². The lowest BCUT2D eigenvalue weighted by Gasteiger charge is -2.14. The monoisotopic (exact) mass is 347 g/mol.